The van der Waals surface area contributed by atoms with Gasteiger partial charge in [0.25, 0.3) is 5.91 Å². The van der Waals surface area contributed by atoms with E-state index in [0.717, 1.165) is 22.9 Å². The van der Waals surface area contributed by atoms with Crippen LogP contribution in [0.15, 0.2) is 41.4 Å². The van der Waals surface area contributed by atoms with Crippen molar-refractivity contribution in [2.45, 2.75) is 18.3 Å². The number of carbonyl (C=O) groups is 2. The minimum atomic E-state index is -0.302. The van der Waals surface area contributed by atoms with E-state index in [-0.39, 0.29) is 23.8 Å². The van der Waals surface area contributed by atoms with Crippen molar-refractivity contribution in [2.75, 3.05) is 18.4 Å². The van der Waals surface area contributed by atoms with Gasteiger partial charge in [-0.1, -0.05) is 15.9 Å². The molecule has 1 N–H and O–H groups in total. The Morgan fingerprint density at radius 1 is 1.30 bits per heavy atom. The van der Waals surface area contributed by atoms with Crippen LogP contribution in [0, 0.1) is 0 Å². The molecule has 0 saturated heterocycles. The maximum atomic E-state index is 12.9. The SMILES string of the molecule is O=C(CN1CC2(CC2)c2cc(Br)ccc2C1=O)Nc1nccn2ncnc12. The van der Waals surface area contributed by atoms with Crippen LogP contribution in [-0.4, -0.2) is 49.4 Å². The standard InChI is InChI=1S/C18H15BrN6O2/c19-11-1-2-12-13(7-11)18(3-4-18)9-24(17(12)27)8-14(26)23-15-16-21-10-22-25(16)6-5-20-15/h1-2,5-7,10H,3-4,8-9H2,(H,20,23,26). The Kier molecular flexibility index (Phi) is 3.55. The fraction of sp³-hybridized carbons (Fsp3) is 0.278. The number of nitrogens with one attached hydrogen (secondary N) is 1. The number of nitrogens with zero attached hydrogens (tertiary/aromatic N) is 5. The molecule has 8 nitrogen and oxygen atoms in total. The normalized spacial score (nSPS) is 17.2. The van der Waals surface area contributed by atoms with Crippen LogP contribution in [0.4, 0.5) is 5.82 Å². The number of benzene rings is 1. The van der Waals surface area contributed by atoms with Crippen molar-refractivity contribution in [1.82, 2.24) is 24.5 Å². The van der Waals surface area contributed by atoms with Gasteiger partial charge >= 0.3 is 0 Å². The molecule has 27 heavy (non-hydrogen) atoms. The highest BCUT2D eigenvalue weighted by Crippen LogP contribution is 2.52. The number of amides is 2. The van der Waals surface area contributed by atoms with Crippen molar-refractivity contribution < 1.29 is 9.59 Å². The van der Waals surface area contributed by atoms with Crippen LogP contribution in [0.1, 0.15) is 28.8 Å². The van der Waals surface area contributed by atoms with E-state index in [1.54, 1.807) is 11.1 Å². The van der Waals surface area contributed by atoms with E-state index < -0.39 is 0 Å². The van der Waals surface area contributed by atoms with Gasteiger partial charge in [-0.25, -0.2) is 14.5 Å². The average molecular weight is 427 g/mol. The van der Waals surface area contributed by atoms with Gasteiger partial charge in [0.2, 0.25) is 5.91 Å². The average Bonchev–Trinajstić information content (AvgIpc) is 3.24. The minimum absolute atomic E-state index is 0.0153. The van der Waals surface area contributed by atoms with Crippen molar-refractivity contribution in [2.24, 2.45) is 0 Å². The molecule has 1 aliphatic carbocycles. The number of aromatic nitrogens is 4. The Morgan fingerprint density at radius 3 is 2.96 bits per heavy atom. The van der Waals surface area contributed by atoms with Gasteiger partial charge in [0.15, 0.2) is 11.5 Å². The second kappa shape index (κ2) is 5.85. The Bertz CT molecular complexity index is 1090. The van der Waals surface area contributed by atoms with Gasteiger partial charge < -0.3 is 10.2 Å². The van der Waals surface area contributed by atoms with E-state index in [2.05, 4.69) is 36.3 Å². The fourth-order valence-electron chi connectivity index (χ4n) is 3.73. The maximum Gasteiger partial charge on any atom is 0.254 e. The van der Waals surface area contributed by atoms with Crippen molar-refractivity contribution in [1.29, 1.82) is 0 Å². The number of carbonyl (C=O) groups excluding carboxylic acids is 2. The first-order valence-corrected chi connectivity index (χ1v) is 9.39. The van der Waals surface area contributed by atoms with E-state index in [0.29, 0.717) is 23.6 Å². The van der Waals surface area contributed by atoms with E-state index >= 15 is 0 Å². The summed E-state index contributed by atoms with van der Waals surface area (Å²) in [5, 5.41) is 6.76. The van der Waals surface area contributed by atoms with Crippen LogP contribution in [0.5, 0.6) is 0 Å². The van der Waals surface area contributed by atoms with Gasteiger partial charge in [-0.2, -0.15) is 5.10 Å². The summed E-state index contributed by atoms with van der Waals surface area (Å²) in [6.07, 6.45) is 6.65. The quantitative estimate of drug-likeness (QED) is 0.691. The second-order valence-electron chi connectivity index (χ2n) is 6.98. The van der Waals surface area contributed by atoms with E-state index in [1.807, 2.05) is 18.2 Å². The third-order valence-electron chi connectivity index (χ3n) is 5.21. The monoisotopic (exact) mass is 426 g/mol. The van der Waals surface area contributed by atoms with Crippen molar-refractivity contribution in [3.05, 3.63) is 52.5 Å². The summed E-state index contributed by atoms with van der Waals surface area (Å²) < 4.78 is 2.50. The third kappa shape index (κ3) is 2.69. The number of rotatable bonds is 3. The number of anilines is 1. The Labute approximate surface area is 162 Å². The first kappa shape index (κ1) is 16.4. The molecule has 3 aromatic rings. The summed E-state index contributed by atoms with van der Waals surface area (Å²) >= 11 is 3.49. The minimum Gasteiger partial charge on any atom is -0.328 e. The molecule has 2 amide bonds. The summed E-state index contributed by atoms with van der Waals surface area (Å²) in [5.74, 6) is -0.0861. The van der Waals surface area contributed by atoms with Crippen LogP contribution in [-0.2, 0) is 10.2 Å². The summed E-state index contributed by atoms with van der Waals surface area (Å²) in [6, 6.07) is 5.74. The summed E-state index contributed by atoms with van der Waals surface area (Å²) in [5.41, 5.74) is 2.23. The lowest BCUT2D eigenvalue weighted by molar-refractivity contribution is -0.117. The lowest BCUT2D eigenvalue weighted by Gasteiger charge is -2.34. The van der Waals surface area contributed by atoms with Crippen molar-refractivity contribution in [3.8, 4) is 0 Å². The molecule has 1 saturated carbocycles. The zero-order chi connectivity index (χ0) is 18.6. The van der Waals surface area contributed by atoms with E-state index in [9.17, 15) is 9.59 Å². The fourth-order valence-corrected chi connectivity index (χ4v) is 4.09. The van der Waals surface area contributed by atoms with Gasteiger partial charge in [0.1, 0.15) is 12.9 Å². The predicted molar refractivity (Wildman–Crippen MR) is 100 cm³/mol. The topological polar surface area (TPSA) is 92.5 Å². The van der Waals surface area contributed by atoms with Crippen molar-refractivity contribution >= 4 is 39.2 Å². The van der Waals surface area contributed by atoms with Gasteiger partial charge in [-0.15, -0.1) is 0 Å². The molecule has 2 aromatic heterocycles. The smallest absolute Gasteiger partial charge is 0.254 e. The Morgan fingerprint density at radius 2 is 2.15 bits per heavy atom. The van der Waals surface area contributed by atoms with E-state index in [1.165, 1.54) is 17.0 Å². The molecule has 1 fully saturated rings. The van der Waals surface area contributed by atoms with Gasteiger partial charge in [0, 0.05) is 34.4 Å². The van der Waals surface area contributed by atoms with Gasteiger partial charge in [0.05, 0.1) is 0 Å². The summed E-state index contributed by atoms with van der Waals surface area (Å²) in [7, 11) is 0. The van der Waals surface area contributed by atoms with Crippen LogP contribution in [0.2, 0.25) is 0 Å². The lowest BCUT2D eigenvalue weighted by Crippen LogP contribution is -2.46. The predicted octanol–water partition coefficient (Wildman–Crippen LogP) is 2.01. The second-order valence-corrected chi connectivity index (χ2v) is 7.90. The zero-order valence-corrected chi connectivity index (χ0v) is 15.8. The molecular formula is C18H15BrN6O2. The molecule has 0 unspecified atom stereocenters. The first-order chi connectivity index (χ1) is 13.1. The van der Waals surface area contributed by atoms with Gasteiger partial charge in [-0.05, 0) is 36.6 Å². The molecule has 1 spiro atoms. The van der Waals surface area contributed by atoms with Crippen LogP contribution in [0.25, 0.3) is 5.65 Å². The maximum absolute atomic E-state index is 12.9. The largest absolute Gasteiger partial charge is 0.328 e. The number of fused-ring (bicyclic) bond motifs is 3. The highest BCUT2D eigenvalue weighted by molar-refractivity contribution is 9.10. The lowest BCUT2D eigenvalue weighted by atomic mass is 9.86. The van der Waals surface area contributed by atoms with Crippen LogP contribution in [0.3, 0.4) is 0 Å². The van der Waals surface area contributed by atoms with E-state index in [4.69, 9.17) is 0 Å². The van der Waals surface area contributed by atoms with Crippen molar-refractivity contribution in [3.63, 3.8) is 0 Å². The number of halogens is 1. The molecule has 1 aromatic carbocycles. The van der Waals surface area contributed by atoms with Crippen LogP contribution >= 0.6 is 15.9 Å². The number of hydrogen-bond acceptors (Lipinski definition) is 5. The first-order valence-electron chi connectivity index (χ1n) is 8.59. The highest BCUT2D eigenvalue weighted by Gasteiger charge is 2.51. The third-order valence-corrected chi connectivity index (χ3v) is 5.70. The molecule has 0 radical (unpaired) electrons. The molecule has 0 bridgehead atoms. The molecule has 3 heterocycles. The summed E-state index contributed by atoms with van der Waals surface area (Å²) in [4.78, 5) is 35.3. The molecule has 2 aliphatic rings. The molecular weight excluding hydrogens is 412 g/mol. The molecule has 1 aliphatic heterocycles. The highest BCUT2D eigenvalue weighted by atomic mass is 79.9. The molecule has 136 valence electrons. The Hall–Kier alpha value is -2.81. The summed E-state index contributed by atoms with van der Waals surface area (Å²) in [6.45, 7) is 0.540. The number of hydrogen-bond donors (Lipinski definition) is 1. The van der Waals surface area contributed by atoms with Crippen LogP contribution < -0.4 is 5.32 Å². The Balaban J connectivity index is 1.38. The molecule has 9 heteroatoms. The zero-order valence-electron chi connectivity index (χ0n) is 14.2. The molecule has 5 rings (SSSR count). The molecule has 0 atom stereocenters. The van der Waals surface area contributed by atoms with Gasteiger partial charge in [-0.3, -0.25) is 9.59 Å².